The van der Waals surface area contributed by atoms with Crippen molar-refractivity contribution in [2.75, 3.05) is 17.7 Å². The van der Waals surface area contributed by atoms with E-state index in [4.69, 9.17) is 4.74 Å². The molecule has 1 aliphatic rings. The van der Waals surface area contributed by atoms with E-state index in [9.17, 15) is 19.1 Å². The zero-order valence-electron chi connectivity index (χ0n) is 20.1. The molecule has 1 amide bonds. The number of hydrogen-bond acceptors (Lipinski definition) is 9. The Morgan fingerprint density at radius 3 is 2.45 bits per heavy atom. The molecule has 11 nitrogen and oxygen atoms in total. The van der Waals surface area contributed by atoms with Crippen molar-refractivity contribution < 1.29 is 23.8 Å². The summed E-state index contributed by atoms with van der Waals surface area (Å²) in [5.74, 6) is -0.704. The van der Waals surface area contributed by atoms with E-state index in [2.05, 4.69) is 35.9 Å². The fourth-order valence-corrected chi connectivity index (χ4v) is 3.69. The molecular formula is C26H22FN7O4. The number of halogens is 1. The van der Waals surface area contributed by atoms with Crippen LogP contribution in [0.4, 0.5) is 27.4 Å². The number of benzene rings is 1. The van der Waals surface area contributed by atoms with Gasteiger partial charge in [-0.3, -0.25) is 4.79 Å². The van der Waals surface area contributed by atoms with Crippen LogP contribution in [0.5, 0.6) is 5.75 Å². The zero-order chi connectivity index (χ0) is 26.6. The molecule has 0 spiro atoms. The number of carboxylic acid groups (broad SMARTS) is 1. The number of methoxy groups -OCH3 is 1. The second kappa shape index (κ2) is 10.5. The maximum absolute atomic E-state index is 13.4. The van der Waals surface area contributed by atoms with Crippen LogP contribution in [0, 0.1) is 5.82 Å². The average molecular weight is 516 g/mol. The van der Waals surface area contributed by atoms with Crippen LogP contribution in [-0.2, 0) is 0 Å². The normalized spacial score (nSPS) is 12.5. The van der Waals surface area contributed by atoms with E-state index in [0.717, 1.165) is 25.2 Å². The van der Waals surface area contributed by atoms with Gasteiger partial charge in [-0.25, -0.2) is 29.1 Å². The van der Waals surface area contributed by atoms with Crippen molar-refractivity contribution in [3.63, 3.8) is 0 Å². The van der Waals surface area contributed by atoms with Gasteiger partial charge in [0.25, 0.3) is 5.91 Å². The molecule has 38 heavy (non-hydrogen) atoms. The van der Waals surface area contributed by atoms with Crippen molar-refractivity contribution in [2.24, 2.45) is 0 Å². The first-order chi connectivity index (χ1) is 18.4. The molecule has 0 atom stereocenters. The van der Waals surface area contributed by atoms with E-state index < -0.39 is 11.8 Å². The molecule has 12 heteroatoms. The summed E-state index contributed by atoms with van der Waals surface area (Å²) in [7, 11) is 1.48. The van der Waals surface area contributed by atoms with Gasteiger partial charge in [0.15, 0.2) is 17.4 Å². The SMILES string of the molecule is COc1c(Nc2cc(Nc3cc(C(=O)O)ccn3)ncc2C(=O)NC2CC2)cccc1-c1ncc(F)cn1. The van der Waals surface area contributed by atoms with Crippen LogP contribution in [0.2, 0.25) is 0 Å². The summed E-state index contributed by atoms with van der Waals surface area (Å²) in [6.07, 6.45) is 6.76. The minimum absolute atomic E-state index is 0.0610. The fourth-order valence-electron chi connectivity index (χ4n) is 3.69. The summed E-state index contributed by atoms with van der Waals surface area (Å²) in [4.78, 5) is 40.9. The van der Waals surface area contributed by atoms with Gasteiger partial charge >= 0.3 is 5.97 Å². The molecule has 3 heterocycles. The number of carboxylic acids is 1. The number of amides is 1. The zero-order valence-corrected chi connectivity index (χ0v) is 20.1. The molecule has 0 unspecified atom stereocenters. The number of pyridine rings is 2. The predicted octanol–water partition coefficient (Wildman–Crippen LogP) is 4.16. The number of rotatable bonds is 9. The van der Waals surface area contributed by atoms with Gasteiger partial charge in [-0.15, -0.1) is 0 Å². The number of ether oxygens (including phenoxy) is 1. The van der Waals surface area contributed by atoms with Gasteiger partial charge in [0, 0.05) is 24.5 Å². The third-order valence-electron chi connectivity index (χ3n) is 5.67. The Kier molecular flexibility index (Phi) is 6.76. The minimum atomic E-state index is -1.09. The van der Waals surface area contributed by atoms with Crippen molar-refractivity contribution in [3.05, 3.63) is 78.1 Å². The highest BCUT2D eigenvalue weighted by atomic mass is 19.1. The van der Waals surface area contributed by atoms with Gasteiger partial charge in [0.1, 0.15) is 11.6 Å². The minimum Gasteiger partial charge on any atom is -0.494 e. The number of anilines is 4. The van der Waals surface area contributed by atoms with Crippen LogP contribution < -0.4 is 20.7 Å². The Morgan fingerprint density at radius 1 is 0.974 bits per heavy atom. The van der Waals surface area contributed by atoms with Crippen molar-refractivity contribution in [1.29, 1.82) is 0 Å². The van der Waals surface area contributed by atoms with Gasteiger partial charge < -0.3 is 25.8 Å². The van der Waals surface area contributed by atoms with E-state index in [0.29, 0.717) is 34.1 Å². The third-order valence-corrected chi connectivity index (χ3v) is 5.67. The van der Waals surface area contributed by atoms with E-state index >= 15 is 0 Å². The molecule has 192 valence electrons. The standard InChI is InChI=1S/C26H22FN7O4/c1-38-23-17(24-30-11-15(27)12-31-24)3-2-4-19(23)33-20-10-22(29-13-18(20)25(35)32-16-5-6-16)34-21-9-14(26(36)37)7-8-28-21/h2-4,7-13,16H,5-6H2,1H3,(H,32,35)(H,36,37)(H2,28,29,33,34). The van der Waals surface area contributed by atoms with Crippen LogP contribution >= 0.6 is 0 Å². The topological polar surface area (TPSA) is 151 Å². The van der Waals surface area contributed by atoms with E-state index in [1.807, 2.05) is 0 Å². The second-order valence-electron chi connectivity index (χ2n) is 8.46. The molecule has 0 aliphatic heterocycles. The first-order valence-corrected chi connectivity index (χ1v) is 11.6. The molecule has 0 bridgehead atoms. The lowest BCUT2D eigenvalue weighted by Gasteiger charge is -2.17. The summed E-state index contributed by atoms with van der Waals surface area (Å²) in [6, 6.07) is 9.72. The molecular weight excluding hydrogens is 493 g/mol. The molecule has 1 aliphatic carbocycles. The molecule has 1 fully saturated rings. The average Bonchev–Trinajstić information content (AvgIpc) is 3.73. The number of carbonyl (C=O) groups is 2. The lowest BCUT2D eigenvalue weighted by molar-refractivity contribution is 0.0696. The highest BCUT2D eigenvalue weighted by Gasteiger charge is 2.26. The first kappa shape index (κ1) is 24.6. The van der Waals surface area contributed by atoms with Gasteiger partial charge in [-0.05, 0) is 37.1 Å². The molecule has 1 saturated carbocycles. The maximum atomic E-state index is 13.4. The summed E-state index contributed by atoms with van der Waals surface area (Å²) < 4.78 is 19.0. The molecule has 5 rings (SSSR count). The number of hydrogen-bond donors (Lipinski definition) is 4. The third kappa shape index (κ3) is 5.48. The van der Waals surface area contributed by atoms with Crippen LogP contribution in [0.3, 0.4) is 0 Å². The van der Waals surface area contributed by atoms with Crippen molar-refractivity contribution >= 4 is 34.9 Å². The van der Waals surface area contributed by atoms with Crippen LogP contribution in [0.1, 0.15) is 33.6 Å². The van der Waals surface area contributed by atoms with Crippen molar-refractivity contribution in [3.8, 4) is 17.1 Å². The maximum Gasteiger partial charge on any atom is 0.335 e. The quantitative estimate of drug-likeness (QED) is 0.256. The number of nitrogens with one attached hydrogen (secondary N) is 3. The number of para-hydroxylation sites is 1. The summed E-state index contributed by atoms with van der Waals surface area (Å²) in [5.41, 5.74) is 1.78. The van der Waals surface area contributed by atoms with E-state index in [1.54, 1.807) is 24.3 Å². The molecule has 0 saturated heterocycles. The van der Waals surface area contributed by atoms with Crippen molar-refractivity contribution in [2.45, 2.75) is 18.9 Å². The molecule has 4 N–H and O–H groups in total. The Hall–Kier alpha value is -5.13. The molecule has 0 radical (unpaired) electrons. The Morgan fingerprint density at radius 2 is 1.74 bits per heavy atom. The first-order valence-electron chi connectivity index (χ1n) is 11.6. The Labute approximate surface area is 216 Å². The molecule has 1 aromatic carbocycles. The Balaban J connectivity index is 1.51. The number of aromatic nitrogens is 4. The van der Waals surface area contributed by atoms with Gasteiger partial charge in [0.05, 0.1) is 47.6 Å². The molecule has 4 aromatic rings. The van der Waals surface area contributed by atoms with Crippen LogP contribution in [0.25, 0.3) is 11.4 Å². The fraction of sp³-hybridized carbons (Fsp3) is 0.154. The summed E-state index contributed by atoms with van der Waals surface area (Å²) >= 11 is 0. The highest BCUT2D eigenvalue weighted by Crippen LogP contribution is 2.37. The van der Waals surface area contributed by atoms with Crippen LogP contribution in [-0.4, -0.2) is 50.1 Å². The lowest BCUT2D eigenvalue weighted by atomic mass is 10.1. The summed E-state index contributed by atoms with van der Waals surface area (Å²) in [5, 5.41) is 18.4. The lowest BCUT2D eigenvalue weighted by Crippen LogP contribution is -2.26. The van der Waals surface area contributed by atoms with Crippen molar-refractivity contribution in [1.82, 2.24) is 25.3 Å². The smallest absolute Gasteiger partial charge is 0.335 e. The van der Waals surface area contributed by atoms with Gasteiger partial charge in [0.2, 0.25) is 0 Å². The monoisotopic (exact) mass is 515 g/mol. The van der Waals surface area contributed by atoms with E-state index in [1.165, 1.54) is 31.6 Å². The van der Waals surface area contributed by atoms with Gasteiger partial charge in [-0.1, -0.05) is 6.07 Å². The Bertz CT molecular complexity index is 1510. The highest BCUT2D eigenvalue weighted by molar-refractivity contribution is 6.01. The van der Waals surface area contributed by atoms with Gasteiger partial charge in [-0.2, -0.15) is 0 Å². The van der Waals surface area contributed by atoms with Crippen LogP contribution in [0.15, 0.2) is 61.2 Å². The second-order valence-corrected chi connectivity index (χ2v) is 8.46. The molecule has 3 aromatic heterocycles. The summed E-state index contributed by atoms with van der Waals surface area (Å²) in [6.45, 7) is 0. The number of aromatic carboxylic acids is 1. The van der Waals surface area contributed by atoms with E-state index in [-0.39, 0.29) is 29.2 Å². The largest absolute Gasteiger partial charge is 0.494 e. The number of carbonyl (C=O) groups excluding carboxylic acids is 1. The predicted molar refractivity (Wildman–Crippen MR) is 136 cm³/mol. The number of nitrogens with zero attached hydrogens (tertiary/aromatic N) is 4.